The first kappa shape index (κ1) is 25.1. The summed E-state index contributed by atoms with van der Waals surface area (Å²) < 4.78 is 23.3. The summed E-state index contributed by atoms with van der Waals surface area (Å²) in [5, 5.41) is 34.9. The first-order valence-corrected chi connectivity index (χ1v) is 10.9. The fourth-order valence-electron chi connectivity index (χ4n) is 4.69. The van der Waals surface area contributed by atoms with Crippen LogP contribution in [-0.2, 0) is 18.9 Å². The molecule has 12 N–H and O–H groups in total. The Bertz CT molecular complexity index is 588. The topological polar surface area (TPSA) is 214 Å². The molecule has 0 aromatic heterocycles. The Balaban J connectivity index is 1.68. The van der Waals surface area contributed by atoms with Crippen LogP contribution in [0.1, 0.15) is 26.2 Å². The Morgan fingerprint density at radius 3 is 2.19 bits per heavy atom. The van der Waals surface area contributed by atoms with Gasteiger partial charge in [-0.05, 0) is 33.2 Å². The molecule has 2 saturated heterocycles. The monoisotopic (exact) mass is 449 g/mol. The summed E-state index contributed by atoms with van der Waals surface area (Å²) in [6.07, 6.45) is -4.48. The number of ether oxygens (including phenoxy) is 4. The van der Waals surface area contributed by atoms with E-state index >= 15 is 0 Å². The molecule has 2 aliphatic heterocycles. The summed E-state index contributed by atoms with van der Waals surface area (Å²) in [7, 11) is 1.62. The van der Waals surface area contributed by atoms with Crippen molar-refractivity contribution in [3.63, 3.8) is 0 Å². The Morgan fingerprint density at radius 1 is 1.00 bits per heavy atom. The van der Waals surface area contributed by atoms with Crippen LogP contribution in [0.5, 0.6) is 0 Å². The van der Waals surface area contributed by atoms with Gasteiger partial charge in [0.2, 0.25) is 0 Å². The first-order chi connectivity index (χ1) is 14.6. The highest BCUT2D eigenvalue weighted by molar-refractivity contribution is 5.01. The number of hydrogen-bond acceptors (Lipinski definition) is 12. The molecule has 6 unspecified atom stereocenters. The standard InChI is InChI=1S/C19H39N5O7/c1-19(27)7-28-18(13(26)16(19)24-2)31-15-11(23)5-10(22)14(12(15)25)30-17-9(21)4-3-8(6-20)29-17/h8-18,24-27H,3-7,20-23H2,1-2H3/t8?,9?,10?,11-,12+,13-,14?,15?,16?,17-,18-,19+/m1/s1. The van der Waals surface area contributed by atoms with E-state index < -0.39 is 60.7 Å². The quantitative estimate of drug-likeness (QED) is 0.195. The minimum Gasteiger partial charge on any atom is -0.388 e. The van der Waals surface area contributed by atoms with E-state index in [1.54, 1.807) is 14.0 Å². The minimum atomic E-state index is -1.29. The molecule has 12 atom stereocenters. The number of aliphatic hydroxyl groups is 3. The SMILES string of the molecule is CNC1[C@@H](O)[C@@H](OC2[C@@H](O)C(O[C@H]3OC(CN)CCC3N)C(N)C[C@H]2N)OC[C@]1(C)O. The zero-order valence-electron chi connectivity index (χ0n) is 18.2. The van der Waals surface area contributed by atoms with Gasteiger partial charge in [0.05, 0.1) is 24.8 Å². The predicted octanol–water partition coefficient (Wildman–Crippen LogP) is -3.98. The van der Waals surface area contributed by atoms with E-state index in [0.717, 1.165) is 6.42 Å². The highest BCUT2D eigenvalue weighted by atomic mass is 16.7. The molecule has 1 saturated carbocycles. The van der Waals surface area contributed by atoms with Crippen molar-refractivity contribution < 1.29 is 34.3 Å². The Morgan fingerprint density at radius 2 is 1.61 bits per heavy atom. The Kier molecular flexibility index (Phi) is 8.27. The summed E-state index contributed by atoms with van der Waals surface area (Å²) in [4.78, 5) is 0. The van der Waals surface area contributed by atoms with Crippen molar-refractivity contribution >= 4 is 0 Å². The van der Waals surface area contributed by atoms with Crippen molar-refractivity contribution in [1.82, 2.24) is 5.32 Å². The molecule has 1 aliphatic carbocycles. The normalized spacial score (nSPS) is 51.6. The molecule has 3 aliphatic rings. The fraction of sp³-hybridized carbons (Fsp3) is 1.00. The summed E-state index contributed by atoms with van der Waals surface area (Å²) >= 11 is 0. The number of rotatable bonds is 6. The van der Waals surface area contributed by atoms with E-state index in [9.17, 15) is 15.3 Å². The van der Waals surface area contributed by atoms with Crippen LogP contribution in [0.4, 0.5) is 0 Å². The zero-order chi connectivity index (χ0) is 22.9. The van der Waals surface area contributed by atoms with E-state index in [4.69, 9.17) is 41.9 Å². The highest BCUT2D eigenvalue weighted by Crippen LogP contribution is 2.31. The summed E-state index contributed by atoms with van der Waals surface area (Å²) in [5.74, 6) is 0. The van der Waals surface area contributed by atoms with Crippen LogP contribution in [-0.4, -0.2) is 108 Å². The lowest BCUT2D eigenvalue weighted by Gasteiger charge is -2.48. The minimum absolute atomic E-state index is 0.0665. The van der Waals surface area contributed by atoms with Gasteiger partial charge in [0.15, 0.2) is 12.6 Å². The average Bonchev–Trinajstić information content (AvgIpc) is 2.71. The maximum Gasteiger partial charge on any atom is 0.185 e. The molecule has 31 heavy (non-hydrogen) atoms. The third-order valence-electron chi connectivity index (χ3n) is 6.55. The molecule has 3 fully saturated rings. The van der Waals surface area contributed by atoms with Crippen LogP contribution in [0.15, 0.2) is 0 Å². The lowest BCUT2D eigenvalue weighted by molar-refractivity contribution is -0.306. The van der Waals surface area contributed by atoms with Crippen LogP contribution >= 0.6 is 0 Å². The van der Waals surface area contributed by atoms with E-state index in [0.29, 0.717) is 19.4 Å². The molecular weight excluding hydrogens is 410 g/mol. The van der Waals surface area contributed by atoms with Gasteiger partial charge in [-0.3, -0.25) is 0 Å². The smallest absolute Gasteiger partial charge is 0.185 e. The van der Waals surface area contributed by atoms with Gasteiger partial charge in [0.25, 0.3) is 0 Å². The molecule has 12 nitrogen and oxygen atoms in total. The van der Waals surface area contributed by atoms with E-state index in [2.05, 4.69) is 5.32 Å². The number of nitrogens with one attached hydrogen (secondary N) is 1. The van der Waals surface area contributed by atoms with Crippen molar-refractivity contribution in [2.45, 2.75) is 99.1 Å². The van der Waals surface area contributed by atoms with Crippen LogP contribution in [0, 0.1) is 0 Å². The van der Waals surface area contributed by atoms with Crippen LogP contribution in [0.3, 0.4) is 0 Å². The van der Waals surface area contributed by atoms with Crippen molar-refractivity contribution in [1.29, 1.82) is 0 Å². The molecule has 3 rings (SSSR count). The molecule has 0 amide bonds. The highest BCUT2D eigenvalue weighted by Gasteiger charge is 2.50. The number of aliphatic hydroxyl groups excluding tert-OH is 2. The molecule has 12 heteroatoms. The Labute approximate surface area is 182 Å². The lowest BCUT2D eigenvalue weighted by atomic mass is 9.84. The van der Waals surface area contributed by atoms with Crippen LogP contribution in [0.2, 0.25) is 0 Å². The average molecular weight is 450 g/mol. The molecule has 0 radical (unpaired) electrons. The molecule has 0 bridgehead atoms. The predicted molar refractivity (Wildman–Crippen MR) is 110 cm³/mol. The second kappa shape index (κ2) is 10.2. The maximum absolute atomic E-state index is 11.0. The van der Waals surface area contributed by atoms with Crippen molar-refractivity contribution in [3.8, 4) is 0 Å². The van der Waals surface area contributed by atoms with Gasteiger partial charge in [-0.25, -0.2) is 0 Å². The number of likely N-dealkylation sites (N-methyl/N-ethyl adjacent to an activating group) is 1. The van der Waals surface area contributed by atoms with E-state index in [1.165, 1.54) is 0 Å². The third-order valence-corrected chi connectivity index (χ3v) is 6.55. The maximum atomic E-state index is 11.0. The van der Waals surface area contributed by atoms with Gasteiger partial charge in [0, 0.05) is 18.6 Å². The lowest BCUT2D eigenvalue weighted by Crippen LogP contribution is -2.68. The van der Waals surface area contributed by atoms with Gasteiger partial charge in [-0.15, -0.1) is 0 Å². The van der Waals surface area contributed by atoms with E-state index in [1.807, 2.05) is 0 Å². The molecule has 2 heterocycles. The van der Waals surface area contributed by atoms with Crippen molar-refractivity contribution in [3.05, 3.63) is 0 Å². The second-order valence-electron chi connectivity index (χ2n) is 9.15. The van der Waals surface area contributed by atoms with Gasteiger partial charge in [-0.1, -0.05) is 0 Å². The van der Waals surface area contributed by atoms with E-state index in [-0.39, 0.29) is 18.8 Å². The molecule has 0 spiro atoms. The molecule has 182 valence electrons. The largest absolute Gasteiger partial charge is 0.388 e. The summed E-state index contributed by atoms with van der Waals surface area (Å²) in [6.45, 7) is 1.83. The Hall–Kier alpha value is -0.480. The summed E-state index contributed by atoms with van der Waals surface area (Å²) in [6, 6.07) is -2.26. The number of nitrogens with two attached hydrogens (primary N) is 4. The van der Waals surface area contributed by atoms with Crippen molar-refractivity contribution in [2.75, 3.05) is 20.2 Å². The van der Waals surface area contributed by atoms with Crippen LogP contribution in [0.25, 0.3) is 0 Å². The first-order valence-electron chi connectivity index (χ1n) is 10.9. The van der Waals surface area contributed by atoms with Crippen LogP contribution < -0.4 is 28.3 Å². The van der Waals surface area contributed by atoms with Crippen molar-refractivity contribution in [2.24, 2.45) is 22.9 Å². The zero-order valence-corrected chi connectivity index (χ0v) is 18.2. The molecule has 0 aromatic rings. The third kappa shape index (κ3) is 5.37. The fourth-order valence-corrected chi connectivity index (χ4v) is 4.69. The summed E-state index contributed by atoms with van der Waals surface area (Å²) in [5.41, 5.74) is 23.0. The second-order valence-corrected chi connectivity index (χ2v) is 9.15. The van der Waals surface area contributed by atoms with Gasteiger partial charge < -0.3 is 62.5 Å². The number of hydrogen-bond donors (Lipinski definition) is 8. The van der Waals surface area contributed by atoms with Gasteiger partial charge in [-0.2, -0.15) is 0 Å². The van der Waals surface area contributed by atoms with Gasteiger partial charge >= 0.3 is 0 Å². The molecule has 0 aromatic carbocycles. The van der Waals surface area contributed by atoms with Gasteiger partial charge in [0.1, 0.15) is 30.0 Å². The molecular formula is C19H39N5O7.